The van der Waals surface area contributed by atoms with Crippen molar-refractivity contribution in [1.29, 1.82) is 0 Å². The third-order valence-electron chi connectivity index (χ3n) is 5.44. The standard InChI is InChI=1S/C21H21ClN4O6S2/c1-31-14-3-5-16(20(11-14)32-2)18-13-33-21(23-18)24-7-9-25(10-8-24)34(29,30)15-4-6-17(22)19(12-15)26(27)28/h3-6,11-13H,7-10H2,1-2H3. The first-order chi connectivity index (χ1) is 16.2. The largest absolute Gasteiger partial charge is 0.497 e. The predicted octanol–water partition coefficient (Wildman–Crippen LogP) is 3.90. The topological polar surface area (TPSA) is 115 Å². The molecule has 0 unspecified atom stereocenters. The molecule has 2 aromatic carbocycles. The van der Waals surface area contributed by atoms with Crippen LogP contribution in [0.2, 0.25) is 5.02 Å². The minimum Gasteiger partial charge on any atom is -0.497 e. The average Bonchev–Trinajstić information content (AvgIpc) is 3.33. The van der Waals surface area contributed by atoms with Gasteiger partial charge in [0.2, 0.25) is 10.0 Å². The lowest BCUT2D eigenvalue weighted by Gasteiger charge is -2.33. The lowest BCUT2D eigenvalue weighted by Crippen LogP contribution is -2.48. The Morgan fingerprint density at radius 1 is 1.09 bits per heavy atom. The summed E-state index contributed by atoms with van der Waals surface area (Å²) in [5, 5.41) is 13.7. The number of nitro benzene ring substituents is 1. The summed E-state index contributed by atoms with van der Waals surface area (Å²) >= 11 is 7.28. The van der Waals surface area contributed by atoms with Crippen molar-refractivity contribution in [3.8, 4) is 22.8 Å². The van der Waals surface area contributed by atoms with E-state index in [0.29, 0.717) is 24.6 Å². The quantitative estimate of drug-likeness (QED) is 0.337. The van der Waals surface area contributed by atoms with Crippen LogP contribution in [0.15, 0.2) is 46.7 Å². The Kier molecular flexibility index (Phi) is 6.94. The van der Waals surface area contributed by atoms with Crippen LogP contribution in [-0.2, 0) is 10.0 Å². The molecule has 1 aliphatic rings. The number of hydrogen-bond acceptors (Lipinski definition) is 9. The summed E-state index contributed by atoms with van der Waals surface area (Å²) in [6.07, 6.45) is 0. The van der Waals surface area contributed by atoms with Crippen molar-refractivity contribution in [2.75, 3.05) is 45.3 Å². The molecule has 1 aliphatic heterocycles. The normalized spacial score (nSPS) is 14.7. The Morgan fingerprint density at radius 3 is 2.47 bits per heavy atom. The maximum Gasteiger partial charge on any atom is 0.289 e. The summed E-state index contributed by atoms with van der Waals surface area (Å²) < 4.78 is 38.1. The van der Waals surface area contributed by atoms with E-state index in [4.69, 9.17) is 26.1 Å². The maximum absolute atomic E-state index is 13.0. The van der Waals surface area contributed by atoms with Gasteiger partial charge in [-0.1, -0.05) is 11.6 Å². The predicted molar refractivity (Wildman–Crippen MR) is 130 cm³/mol. The molecule has 0 amide bonds. The van der Waals surface area contributed by atoms with E-state index in [2.05, 4.69) is 0 Å². The molecule has 0 bridgehead atoms. The highest BCUT2D eigenvalue weighted by Gasteiger charge is 2.31. The molecule has 10 nitrogen and oxygen atoms in total. The fraction of sp³-hybridized carbons (Fsp3) is 0.286. The van der Waals surface area contributed by atoms with E-state index in [0.717, 1.165) is 22.5 Å². The van der Waals surface area contributed by atoms with E-state index in [-0.39, 0.29) is 23.0 Å². The molecule has 1 fully saturated rings. The molecule has 180 valence electrons. The second-order valence-electron chi connectivity index (χ2n) is 7.34. The van der Waals surface area contributed by atoms with Gasteiger partial charge in [0.25, 0.3) is 5.69 Å². The molecule has 34 heavy (non-hydrogen) atoms. The van der Waals surface area contributed by atoms with Crippen molar-refractivity contribution in [2.45, 2.75) is 4.90 Å². The van der Waals surface area contributed by atoms with Crippen LogP contribution in [0.4, 0.5) is 10.8 Å². The number of benzene rings is 2. The monoisotopic (exact) mass is 524 g/mol. The van der Waals surface area contributed by atoms with E-state index < -0.39 is 20.6 Å². The van der Waals surface area contributed by atoms with Gasteiger partial charge in [-0.25, -0.2) is 13.4 Å². The Bertz CT molecular complexity index is 1320. The third-order valence-corrected chi connectivity index (χ3v) is 8.55. The van der Waals surface area contributed by atoms with Crippen LogP contribution in [0.5, 0.6) is 11.5 Å². The zero-order valence-corrected chi connectivity index (χ0v) is 20.7. The number of sulfonamides is 1. The highest BCUT2D eigenvalue weighted by atomic mass is 35.5. The van der Waals surface area contributed by atoms with Gasteiger partial charge < -0.3 is 14.4 Å². The first-order valence-corrected chi connectivity index (χ1v) is 12.8. The van der Waals surface area contributed by atoms with Crippen LogP contribution in [-0.4, -0.2) is 63.0 Å². The van der Waals surface area contributed by atoms with E-state index in [1.165, 1.54) is 27.8 Å². The molecule has 0 spiro atoms. The summed E-state index contributed by atoms with van der Waals surface area (Å²) in [7, 11) is -0.725. The van der Waals surface area contributed by atoms with E-state index >= 15 is 0 Å². The first-order valence-electron chi connectivity index (χ1n) is 10.1. The highest BCUT2D eigenvalue weighted by molar-refractivity contribution is 7.89. The number of nitro groups is 1. The highest BCUT2D eigenvalue weighted by Crippen LogP contribution is 2.36. The lowest BCUT2D eigenvalue weighted by atomic mass is 10.1. The van der Waals surface area contributed by atoms with E-state index in [1.54, 1.807) is 20.3 Å². The summed E-state index contributed by atoms with van der Waals surface area (Å²) in [6, 6.07) is 9.02. The van der Waals surface area contributed by atoms with Crippen LogP contribution < -0.4 is 14.4 Å². The molecule has 0 saturated carbocycles. The number of anilines is 1. The van der Waals surface area contributed by atoms with Gasteiger partial charge in [0.05, 0.1) is 29.7 Å². The number of halogens is 1. The van der Waals surface area contributed by atoms with Crippen LogP contribution >= 0.6 is 22.9 Å². The fourth-order valence-electron chi connectivity index (χ4n) is 3.61. The van der Waals surface area contributed by atoms with Crippen LogP contribution in [0.3, 0.4) is 0 Å². The number of piperazine rings is 1. The number of thiazole rings is 1. The van der Waals surface area contributed by atoms with Gasteiger partial charge in [0, 0.05) is 49.3 Å². The number of nitrogens with zero attached hydrogens (tertiary/aromatic N) is 4. The molecule has 0 N–H and O–H groups in total. The van der Waals surface area contributed by atoms with Gasteiger partial charge in [0.15, 0.2) is 5.13 Å². The minimum atomic E-state index is -3.90. The Hall–Kier alpha value is -2.93. The number of methoxy groups -OCH3 is 2. The molecule has 1 aromatic heterocycles. The van der Waals surface area contributed by atoms with Crippen molar-refractivity contribution in [3.63, 3.8) is 0 Å². The number of ether oxygens (including phenoxy) is 2. The van der Waals surface area contributed by atoms with Crippen LogP contribution in [0, 0.1) is 10.1 Å². The van der Waals surface area contributed by atoms with Crippen molar-refractivity contribution in [1.82, 2.24) is 9.29 Å². The average molecular weight is 525 g/mol. The molecule has 3 aromatic rings. The van der Waals surface area contributed by atoms with E-state index in [1.807, 2.05) is 22.4 Å². The molecule has 13 heteroatoms. The molecule has 2 heterocycles. The van der Waals surface area contributed by atoms with Gasteiger partial charge >= 0.3 is 0 Å². The molecule has 0 radical (unpaired) electrons. The molecule has 1 saturated heterocycles. The lowest BCUT2D eigenvalue weighted by molar-refractivity contribution is -0.384. The van der Waals surface area contributed by atoms with Gasteiger partial charge in [0.1, 0.15) is 16.5 Å². The third kappa shape index (κ3) is 4.67. The Morgan fingerprint density at radius 2 is 1.82 bits per heavy atom. The second-order valence-corrected chi connectivity index (χ2v) is 10.5. The fourth-order valence-corrected chi connectivity index (χ4v) is 6.11. The molecule has 0 aliphatic carbocycles. The summed E-state index contributed by atoms with van der Waals surface area (Å²) in [5.41, 5.74) is 1.14. The van der Waals surface area contributed by atoms with Gasteiger partial charge in [-0.05, 0) is 24.3 Å². The smallest absolute Gasteiger partial charge is 0.289 e. The number of hydrogen-bond donors (Lipinski definition) is 0. The van der Waals surface area contributed by atoms with Gasteiger partial charge in [-0.3, -0.25) is 10.1 Å². The summed E-state index contributed by atoms with van der Waals surface area (Å²) in [6.45, 7) is 1.31. The van der Waals surface area contributed by atoms with E-state index in [9.17, 15) is 18.5 Å². The van der Waals surface area contributed by atoms with Crippen molar-refractivity contribution < 1.29 is 22.8 Å². The minimum absolute atomic E-state index is 0.109. The van der Waals surface area contributed by atoms with Gasteiger partial charge in [-0.2, -0.15) is 4.31 Å². The van der Waals surface area contributed by atoms with Crippen LogP contribution in [0.25, 0.3) is 11.3 Å². The maximum atomic E-state index is 13.0. The SMILES string of the molecule is COc1ccc(-c2csc(N3CCN(S(=O)(=O)c4ccc(Cl)c([N+](=O)[O-])c4)CC3)n2)c(OC)c1. The van der Waals surface area contributed by atoms with Crippen molar-refractivity contribution in [2.24, 2.45) is 0 Å². The summed E-state index contributed by atoms with van der Waals surface area (Å²) in [4.78, 5) is 17.0. The second kappa shape index (κ2) is 9.74. The van der Waals surface area contributed by atoms with Gasteiger partial charge in [-0.15, -0.1) is 11.3 Å². The zero-order valence-electron chi connectivity index (χ0n) is 18.3. The molecule has 0 atom stereocenters. The van der Waals surface area contributed by atoms with Crippen molar-refractivity contribution in [3.05, 3.63) is 56.9 Å². The van der Waals surface area contributed by atoms with Crippen LogP contribution in [0.1, 0.15) is 0 Å². The molecule has 4 rings (SSSR count). The Balaban J connectivity index is 1.48. The number of aromatic nitrogens is 1. The summed E-state index contributed by atoms with van der Waals surface area (Å²) in [5.74, 6) is 1.32. The molecular formula is C21H21ClN4O6S2. The molecular weight excluding hydrogens is 504 g/mol. The Labute approximate surface area is 205 Å². The van der Waals surface area contributed by atoms with Crippen molar-refractivity contribution >= 4 is 43.8 Å². The first kappa shape index (κ1) is 24.2. The number of rotatable bonds is 7. The zero-order chi connectivity index (χ0) is 24.5.